The van der Waals surface area contributed by atoms with Crippen molar-refractivity contribution in [3.8, 4) is 0 Å². The van der Waals surface area contributed by atoms with Gasteiger partial charge in [-0.15, -0.1) is 0 Å². The second-order valence-corrected chi connectivity index (χ2v) is 8.18. The number of fused-ring (bicyclic) bond motifs is 2. The molecule has 4 aromatic rings. The standard InChI is InChI=1S/C25H28N2/c1-17(2)11-20-15-26-24-14-19(9-10-22(20)24)12-18(3)13-21-16-27(4)25-8-6-5-7-23(21)25/h5-10,14-17,26H,3,11-13H2,1-2,4H3. The van der Waals surface area contributed by atoms with E-state index in [9.17, 15) is 0 Å². The molecule has 2 aromatic heterocycles. The molecule has 0 atom stereocenters. The lowest BCUT2D eigenvalue weighted by Crippen LogP contribution is -1.95. The van der Waals surface area contributed by atoms with E-state index in [-0.39, 0.29) is 0 Å². The van der Waals surface area contributed by atoms with E-state index in [0.717, 1.165) is 19.3 Å². The number of nitrogens with zero attached hydrogens (tertiary/aromatic N) is 1. The van der Waals surface area contributed by atoms with E-state index >= 15 is 0 Å². The van der Waals surface area contributed by atoms with Crippen molar-refractivity contribution in [2.75, 3.05) is 0 Å². The van der Waals surface area contributed by atoms with E-state index < -0.39 is 0 Å². The van der Waals surface area contributed by atoms with Gasteiger partial charge in [0.2, 0.25) is 0 Å². The van der Waals surface area contributed by atoms with Gasteiger partial charge in [0.25, 0.3) is 0 Å². The summed E-state index contributed by atoms with van der Waals surface area (Å²) < 4.78 is 2.21. The summed E-state index contributed by atoms with van der Waals surface area (Å²) in [4.78, 5) is 3.45. The van der Waals surface area contributed by atoms with Gasteiger partial charge in [0, 0.05) is 41.2 Å². The number of para-hydroxylation sites is 1. The van der Waals surface area contributed by atoms with Gasteiger partial charge in [0.15, 0.2) is 0 Å². The molecule has 27 heavy (non-hydrogen) atoms. The number of aromatic amines is 1. The number of hydrogen-bond acceptors (Lipinski definition) is 0. The Kier molecular flexibility index (Phi) is 4.65. The first-order chi connectivity index (χ1) is 13.0. The third-order valence-electron chi connectivity index (χ3n) is 5.33. The maximum absolute atomic E-state index is 4.37. The van der Waals surface area contributed by atoms with Crippen LogP contribution >= 0.6 is 0 Å². The zero-order valence-corrected chi connectivity index (χ0v) is 16.5. The molecule has 2 heterocycles. The fourth-order valence-corrected chi connectivity index (χ4v) is 4.14. The molecule has 138 valence electrons. The normalized spacial score (nSPS) is 11.7. The Labute approximate surface area is 161 Å². The van der Waals surface area contributed by atoms with Gasteiger partial charge in [-0.05, 0) is 54.0 Å². The number of nitrogens with one attached hydrogen (secondary N) is 1. The van der Waals surface area contributed by atoms with Crippen LogP contribution in [0.4, 0.5) is 0 Å². The molecule has 2 nitrogen and oxygen atoms in total. The number of aromatic nitrogens is 2. The van der Waals surface area contributed by atoms with Crippen molar-refractivity contribution >= 4 is 21.8 Å². The minimum absolute atomic E-state index is 0.671. The smallest absolute Gasteiger partial charge is 0.0480 e. The second-order valence-electron chi connectivity index (χ2n) is 8.18. The van der Waals surface area contributed by atoms with Crippen molar-refractivity contribution in [3.63, 3.8) is 0 Å². The highest BCUT2D eigenvalue weighted by Crippen LogP contribution is 2.26. The quantitative estimate of drug-likeness (QED) is 0.397. The first-order valence-corrected chi connectivity index (χ1v) is 9.79. The summed E-state index contributed by atoms with van der Waals surface area (Å²) in [5, 5.41) is 2.69. The number of rotatable bonds is 6. The summed E-state index contributed by atoms with van der Waals surface area (Å²) in [5.41, 5.74) is 7.87. The van der Waals surface area contributed by atoms with E-state index in [0.29, 0.717) is 5.92 Å². The van der Waals surface area contributed by atoms with Crippen molar-refractivity contribution in [2.45, 2.75) is 33.1 Å². The third-order valence-corrected chi connectivity index (χ3v) is 5.33. The van der Waals surface area contributed by atoms with Gasteiger partial charge >= 0.3 is 0 Å². The van der Waals surface area contributed by atoms with Crippen molar-refractivity contribution < 1.29 is 0 Å². The minimum atomic E-state index is 0.671. The number of aryl methyl sites for hydroxylation is 1. The Bertz CT molecular complexity index is 1110. The Hall–Kier alpha value is -2.74. The van der Waals surface area contributed by atoms with Gasteiger partial charge in [0.1, 0.15) is 0 Å². The van der Waals surface area contributed by atoms with Crippen LogP contribution in [0.3, 0.4) is 0 Å². The molecule has 0 fully saturated rings. The summed E-state index contributed by atoms with van der Waals surface area (Å²) in [6, 6.07) is 15.4. The predicted octanol–water partition coefficient (Wildman–Crippen LogP) is 6.20. The molecule has 0 aliphatic carbocycles. The molecule has 0 saturated carbocycles. The molecule has 0 spiro atoms. The Balaban J connectivity index is 1.52. The first kappa shape index (κ1) is 17.7. The maximum Gasteiger partial charge on any atom is 0.0480 e. The average Bonchev–Trinajstić information content (AvgIpc) is 3.16. The molecule has 0 aliphatic rings. The molecule has 2 aromatic carbocycles. The second kappa shape index (κ2) is 7.11. The predicted molar refractivity (Wildman–Crippen MR) is 116 cm³/mol. The van der Waals surface area contributed by atoms with Crippen LogP contribution in [-0.4, -0.2) is 9.55 Å². The number of hydrogen-bond donors (Lipinski definition) is 1. The largest absolute Gasteiger partial charge is 0.361 e. The maximum atomic E-state index is 4.37. The van der Waals surface area contributed by atoms with Crippen LogP contribution in [0.1, 0.15) is 30.5 Å². The average molecular weight is 357 g/mol. The van der Waals surface area contributed by atoms with Crippen LogP contribution in [0, 0.1) is 5.92 Å². The molecule has 2 heteroatoms. The van der Waals surface area contributed by atoms with Crippen molar-refractivity contribution in [3.05, 3.63) is 83.7 Å². The number of H-pyrrole nitrogens is 1. The molecule has 4 rings (SSSR count). The topological polar surface area (TPSA) is 20.7 Å². The molecule has 0 aliphatic heterocycles. The van der Waals surface area contributed by atoms with Crippen molar-refractivity contribution in [1.29, 1.82) is 0 Å². The van der Waals surface area contributed by atoms with Gasteiger partial charge in [-0.3, -0.25) is 0 Å². The van der Waals surface area contributed by atoms with Crippen LogP contribution in [0.2, 0.25) is 0 Å². The van der Waals surface area contributed by atoms with Crippen LogP contribution in [0.5, 0.6) is 0 Å². The minimum Gasteiger partial charge on any atom is -0.361 e. The molecule has 0 bridgehead atoms. The van der Waals surface area contributed by atoms with Gasteiger partial charge in [-0.2, -0.15) is 0 Å². The number of benzene rings is 2. The molecular formula is C25H28N2. The van der Waals surface area contributed by atoms with Gasteiger partial charge in [0.05, 0.1) is 0 Å². The third kappa shape index (κ3) is 3.57. The highest BCUT2D eigenvalue weighted by atomic mass is 14.9. The molecule has 1 N–H and O–H groups in total. The zero-order valence-electron chi connectivity index (χ0n) is 16.5. The Morgan fingerprint density at radius 3 is 2.67 bits per heavy atom. The summed E-state index contributed by atoms with van der Waals surface area (Å²) in [6.45, 7) is 8.90. The van der Waals surface area contributed by atoms with E-state index in [4.69, 9.17) is 0 Å². The highest BCUT2D eigenvalue weighted by Gasteiger charge is 2.10. The molecule has 0 saturated heterocycles. The van der Waals surface area contributed by atoms with Crippen molar-refractivity contribution in [1.82, 2.24) is 9.55 Å². The van der Waals surface area contributed by atoms with Crippen LogP contribution in [0.25, 0.3) is 21.8 Å². The monoisotopic (exact) mass is 356 g/mol. The molecular weight excluding hydrogens is 328 g/mol. The Morgan fingerprint density at radius 2 is 1.85 bits per heavy atom. The van der Waals surface area contributed by atoms with E-state index in [1.165, 1.54) is 44.1 Å². The first-order valence-electron chi connectivity index (χ1n) is 9.79. The van der Waals surface area contributed by atoms with E-state index in [1.54, 1.807) is 0 Å². The zero-order chi connectivity index (χ0) is 19.0. The fraction of sp³-hybridized carbons (Fsp3) is 0.280. The lowest BCUT2D eigenvalue weighted by Gasteiger charge is -2.07. The lowest BCUT2D eigenvalue weighted by atomic mass is 9.97. The lowest BCUT2D eigenvalue weighted by molar-refractivity contribution is 0.650. The van der Waals surface area contributed by atoms with Gasteiger partial charge in [-0.25, -0.2) is 0 Å². The van der Waals surface area contributed by atoms with Crippen LogP contribution in [-0.2, 0) is 26.3 Å². The summed E-state index contributed by atoms with van der Waals surface area (Å²) in [5.74, 6) is 0.671. The number of allylic oxidation sites excluding steroid dienone is 1. The fourth-order valence-electron chi connectivity index (χ4n) is 4.14. The Morgan fingerprint density at radius 1 is 1.04 bits per heavy atom. The van der Waals surface area contributed by atoms with E-state index in [1.807, 2.05) is 0 Å². The molecule has 0 radical (unpaired) electrons. The summed E-state index contributed by atoms with van der Waals surface area (Å²) >= 11 is 0. The SMILES string of the molecule is C=C(Cc1ccc2c(CC(C)C)c[nH]c2c1)Cc1cn(C)c2ccccc12. The summed E-state index contributed by atoms with van der Waals surface area (Å²) in [6.07, 6.45) is 7.36. The highest BCUT2D eigenvalue weighted by molar-refractivity contribution is 5.85. The van der Waals surface area contributed by atoms with Crippen LogP contribution < -0.4 is 0 Å². The van der Waals surface area contributed by atoms with Crippen LogP contribution in [0.15, 0.2) is 67.0 Å². The summed E-state index contributed by atoms with van der Waals surface area (Å²) in [7, 11) is 2.11. The van der Waals surface area contributed by atoms with E-state index in [2.05, 4.69) is 91.9 Å². The molecule has 0 unspecified atom stereocenters. The van der Waals surface area contributed by atoms with Gasteiger partial charge in [-0.1, -0.05) is 56.3 Å². The van der Waals surface area contributed by atoms with Crippen molar-refractivity contribution in [2.24, 2.45) is 13.0 Å². The van der Waals surface area contributed by atoms with Gasteiger partial charge < -0.3 is 9.55 Å². The molecule has 0 amide bonds.